The normalized spacial score (nSPS) is 18.4. The Labute approximate surface area is 139 Å². The number of hydrogen-bond donors (Lipinski definition) is 1. The summed E-state index contributed by atoms with van der Waals surface area (Å²) in [4.78, 5) is 21.0. The summed E-state index contributed by atoms with van der Waals surface area (Å²) >= 11 is 1.55. The molecule has 0 saturated heterocycles. The maximum Gasteiger partial charge on any atom is 0.226 e. The topological polar surface area (TPSA) is 69.0 Å². The van der Waals surface area contributed by atoms with Crippen molar-refractivity contribution in [2.45, 2.75) is 51.8 Å². The summed E-state index contributed by atoms with van der Waals surface area (Å²) < 4.78 is 7.64. The quantitative estimate of drug-likeness (QED) is 0.878. The molecule has 0 saturated carbocycles. The highest BCUT2D eigenvalue weighted by Gasteiger charge is 2.21. The summed E-state index contributed by atoms with van der Waals surface area (Å²) in [5.74, 6) is 1.13. The van der Waals surface area contributed by atoms with Crippen LogP contribution in [0.25, 0.3) is 0 Å². The molecule has 0 aliphatic carbocycles. The molecule has 7 heteroatoms. The number of carbonyl (C=O) groups is 1. The van der Waals surface area contributed by atoms with E-state index in [2.05, 4.69) is 19.9 Å². The Bertz CT molecular complexity index is 667. The Morgan fingerprint density at radius 1 is 1.61 bits per heavy atom. The zero-order chi connectivity index (χ0) is 16.2. The maximum atomic E-state index is 12.2. The van der Waals surface area contributed by atoms with E-state index in [4.69, 9.17) is 4.74 Å². The Morgan fingerprint density at radius 3 is 3.30 bits per heavy atom. The molecule has 2 atom stereocenters. The lowest BCUT2D eigenvalue weighted by Crippen LogP contribution is -2.41. The fourth-order valence-electron chi connectivity index (χ4n) is 2.84. The van der Waals surface area contributed by atoms with Crippen LogP contribution in [0, 0.1) is 0 Å². The van der Waals surface area contributed by atoms with E-state index in [9.17, 15) is 4.79 Å². The molecule has 0 bridgehead atoms. The van der Waals surface area contributed by atoms with Gasteiger partial charge in [0.1, 0.15) is 16.9 Å². The minimum atomic E-state index is -0.0141. The number of thiazole rings is 1. The predicted octanol–water partition coefficient (Wildman–Crippen LogP) is 2.11. The second kappa shape index (κ2) is 7.23. The summed E-state index contributed by atoms with van der Waals surface area (Å²) in [6, 6.07) is 0.171. The third-order valence-electron chi connectivity index (χ3n) is 3.98. The van der Waals surface area contributed by atoms with Crippen molar-refractivity contribution < 1.29 is 9.53 Å². The molecule has 1 aliphatic heterocycles. The van der Waals surface area contributed by atoms with Crippen LogP contribution in [0.5, 0.6) is 0 Å². The molecular weight excluding hydrogens is 312 g/mol. The summed E-state index contributed by atoms with van der Waals surface area (Å²) in [7, 11) is 0. The third-order valence-corrected chi connectivity index (χ3v) is 5.03. The molecule has 3 heterocycles. The van der Waals surface area contributed by atoms with Crippen LogP contribution in [0.2, 0.25) is 0 Å². The van der Waals surface area contributed by atoms with Crippen LogP contribution in [-0.2, 0) is 28.9 Å². The fraction of sp³-hybridized carbons (Fsp3) is 0.562. The number of imidazole rings is 1. The number of amides is 1. The molecule has 1 aliphatic rings. The van der Waals surface area contributed by atoms with E-state index in [1.807, 2.05) is 31.6 Å². The molecule has 0 fully saturated rings. The van der Waals surface area contributed by atoms with Crippen LogP contribution < -0.4 is 5.32 Å². The van der Waals surface area contributed by atoms with Gasteiger partial charge in [0.15, 0.2) is 0 Å². The van der Waals surface area contributed by atoms with Gasteiger partial charge in [-0.1, -0.05) is 0 Å². The van der Waals surface area contributed by atoms with Gasteiger partial charge in [-0.25, -0.2) is 9.97 Å². The highest BCUT2D eigenvalue weighted by molar-refractivity contribution is 7.09. The van der Waals surface area contributed by atoms with Gasteiger partial charge in [0, 0.05) is 43.4 Å². The molecule has 6 nitrogen and oxygen atoms in total. The van der Waals surface area contributed by atoms with Crippen LogP contribution in [0.3, 0.4) is 0 Å². The molecule has 2 aromatic heterocycles. The number of nitrogens with one attached hydrogen (secondary N) is 1. The van der Waals surface area contributed by atoms with Gasteiger partial charge in [0.2, 0.25) is 5.91 Å². The predicted molar refractivity (Wildman–Crippen MR) is 88.3 cm³/mol. The molecule has 2 aromatic rings. The lowest BCUT2D eigenvalue weighted by Gasteiger charge is -2.24. The van der Waals surface area contributed by atoms with Crippen molar-refractivity contribution in [2.24, 2.45) is 0 Å². The summed E-state index contributed by atoms with van der Waals surface area (Å²) in [6.07, 6.45) is 5.94. The third kappa shape index (κ3) is 3.97. The summed E-state index contributed by atoms with van der Waals surface area (Å²) in [5.41, 5.74) is 0.813. The zero-order valence-electron chi connectivity index (χ0n) is 13.5. The number of ether oxygens (including phenoxy) is 1. The first-order valence-electron chi connectivity index (χ1n) is 8.01. The van der Waals surface area contributed by atoms with Crippen LogP contribution in [0.4, 0.5) is 0 Å². The van der Waals surface area contributed by atoms with Crippen LogP contribution in [0.15, 0.2) is 17.8 Å². The van der Waals surface area contributed by atoms with Gasteiger partial charge in [-0.05, 0) is 20.3 Å². The van der Waals surface area contributed by atoms with E-state index < -0.39 is 0 Å². The first-order valence-corrected chi connectivity index (χ1v) is 8.89. The molecule has 0 aromatic carbocycles. The Kier molecular flexibility index (Phi) is 5.07. The number of aryl methyl sites for hydroxylation is 1. The van der Waals surface area contributed by atoms with Crippen molar-refractivity contribution in [3.05, 3.63) is 34.3 Å². The van der Waals surface area contributed by atoms with Gasteiger partial charge >= 0.3 is 0 Å². The van der Waals surface area contributed by atoms with E-state index in [1.54, 1.807) is 11.3 Å². The number of aromatic nitrogens is 3. The van der Waals surface area contributed by atoms with Gasteiger partial charge in [-0.2, -0.15) is 0 Å². The van der Waals surface area contributed by atoms with E-state index >= 15 is 0 Å². The monoisotopic (exact) mass is 334 g/mol. The minimum absolute atomic E-state index is 0.0141. The van der Waals surface area contributed by atoms with E-state index in [0.717, 1.165) is 35.9 Å². The number of fused-ring (bicyclic) bond motifs is 1. The van der Waals surface area contributed by atoms with E-state index in [0.29, 0.717) is 13.0 Å². The van der Waals surface area contributed by atoms with Crippen molar-refractivity contribution in [1.82, 2.24) is 19.9 Å². The SMILES string of the molecule is CCOC(C)c1nc(CC(=O)NC2CCc3nccn3C2)cs1. The van der Waals surface area contributed by atoms with Crippen molar-refractivity contribution in [2.75, 3.05) is 6.61 Å². The Morgan fingerprint density at radius 2 is 2.48 bits per heavy atom. The van der Waals surface area contributed by atoms with E-state index in [-0.39, 0.29) is 18.1 Å². The van der Waals surface area contributed by atoms with Crippen LogP contribution in [-0.4, -0.2) is 33.1 Å². The van der Waals surface area contributed by atoms with Crippen LogP contribution >= 0.6 is 11.3 Å². The first kappa shape index (κ1) is 16.1. The molecule has 1 N–H and O–H groups in total. The lowest BCUT2D eigenvalue weighted by atomic mass is 10.1. The average Bonchev–Trinajstić information content (AvgIpc) is 3.15. The van der Waals surface area contributed by atoms with Gasteiger partial charge in [0.05, 0.1) is 12.1 Å². The molecule has 0 radical (unpaired) electrons. The Hall–Kier alpha value is -1.73. The smallest absolute Gasteiger partial charge is 0.226 e. The van der Waals surface area contributed by atoms with Crippen molar-refractivity contribution in [3.8, 4) is 0 Å². The number of hydrogen-bond acceptors (Lipinski definition) is 5. The van der Waals surface area contributed by atoms with Gasteiger partial charge in [-0.15, -0.1) is 11.3 Å². The van der Waals surface area contributed by atoms with Crippen molar-refractivity contribution in [1.29, 1.82) is 0 Å². The van der Waals surface area contributed by atoms with Crippen molar-refractivity contribution in [3.63, 3.8) is 0 Å². The second-order valence-electron chi connectivity index (χ2n) is 5.75. The molecule has 3 rings (SSSR count). The Balaban J connectivity index is 1.52. The molecule has 1 amide bonds. The van der Waals surface area contributed by atoms with Gasteiger partial charge in [-0.3, -0.25) is 4.79 Å². The van der Waals surface area contributed by atoms with Crippen molar-refractivity contribution >= 4 is 17.2 Å². The number of nitrogens with zero attached hydrogens (tertiary/aromatic N) is 3. The minimum Gasteiger partial charge on any atom is -0.372 e. The summed E-state index contributed by atoms with van der Waals surface area (Å²) in [5, 5.41) is 5.98. The van der Waals surface area contributed by atoms with Crippen LogP contribution in [0.1, 0.15) is 42.9 Å². The molecule has 0 spiro atoms. The molecular formula is C16H22N4O2S. The average molecular weight is 334 g/mol. The molecule has 2 unspecified atom stereocenters. The molecule has 124 valence electrons. The lowest BCUT2D eigenvalue weighted by molar-refractivity contribution is -0.121. The molecule has 23 heavy (non-hydrogen) atoms. The fourth-order valence-corrected chi connectivity index (χ4v) is 3.66. The van der Waals surface area contributed by atoms with E-state index in [1.165, 1.54) is 0 Å². The first-order chi connectivity index (χ1) is 11.2. The largest absolute Gasteiger partial charge is 0.372 e. The highest BCUT2D eigenvalue weighted by Crippen LogP contribution is 2.21. The zero-order valence-corrected chi connectivity index (χ0v) is 14.3. The number of rotatable bonds is 6. The maximum absolute atomic E-state index is 12.2. The van der Waals surface area contributed by atoms with Gasteiger partial charge < -0.3 is 14.6 Å². The van der Waals surface area contributed by atoms with Gasteiger partial charge in [0.25, 0.3) is 0 Å². The highest BCUT2D eigenvalue weighted by atomic mass is 32.1. The standard InChI is InChI=1S/C16H22N4O2S/c1-3-22-11(2)16-19-13(10-23-16)8-15(21)18-12-4-5-14-17-6-7-20(14)9-12/h6-7,10-12H,3-5,8-9H2,1-2H3,(H,18,21). The second-order valence-corrected chi connectivity index (χ2v) is 6.64. The summed E-state index contributed by atoms with van der Waals surface area (Å²) in [6.45, 7) is 5.41. The number of carbonyl (C=O) groups excluding carboxylic acids is 1.